The van der Waals surface area contributed by atoms with Crippen molar-refractivity contribution in [2.45, 2.75) is 38.6 Å². The third kappa shape index (κ3) is 7.24. The lowest BCUT2D eigenvalue weighted by Gasteiger charge is -2.24. The molecule has 1 unspecified atom stereocenters. The van der Waals surface area contributed by atoms with Crippen molar-refractivity contribution in [2.75, 3.05) is 26.8 Å². The highest BCUT2D eigenvalue weighted by molar-refractivity contribution is 5.86. The minimum absolute atomic E-state index is 0.0587. The van der Waals surface area contributed by atoms with E-state index in [0.29, 0.717) is 19.6 Å². The Morgan fingerprint density at radius 3 is 2.50 bits per heavy atom. The molecule has 0 aliphatic rings. The second kappa shape index (κ2) is 9.85. The lowest BCUT2D eigenvalue weighted by molar-refractivity contribution is -0.136. The van der Waals surface area contributed by atoms with Crippen LogP contribution in [0, 0.1) is 0 Å². The van der Waals surface area contributed by atoms with Crippen LogP contribution in [0.1, 0.15) is 32.6 Å². The van der Waals surface area contributed by atoms with Gasteiger partial charge in [-0.3, -0.25) is 9.59 Å². The summed E-state index contributed by atoms with van der Waals surface area (Å²) in [4.78, 5) is 24.4. The highest BCUT2D eigenvalue weighted by Gasteiger charge is 2.21. The first-order chi connectivity index (χ1) is 8.52. The minimum Gasteiger partial charge on any atom is -0.385 e. The van der Waals surface area contributed by atoms with Gasteiger partial charge in [-0.05, 0) is 19.3 Å². The molecule has 0 saturated carbocycles. The number of ether oxygens (including phenoxy) is 1. The molecule has 0 heterocycles. The van der Waals surface area contributed by atoms with Gasteiger partial charge >= 0.3 is 0 Å². The molecule has 6 nitrogen and oxygen atoms in total. The summed E-state index contributed by atoms with van der Waals surface area (Å²) in [5.41, 5.74) is 10.9. The van der Waals surface area contributed by atoms with Gasteiger partial charge in [0.2, 0.25) is 11.8 Å². The summed E-state index contributed by atoms with van der Waals surface area (Å²) < 4.78 is 4.91. The molecule has 0 rings (SSSR count). The highest BCUT2D eigenvalue weighted by Crippen LogP contribution is 2.03. The molecule has 0 aliphatic carbocycles. The van der Waals surface area contributed by atoms with Crippen molar-refractivity contribution < 1.29 is 14.3 Å². The quantitative estimate of drug-likeness (QED) is 0.533. The van der Waals surface area contributed by atoms with Crippen LogP contribution in [0.25, 0.3) is 0 Å². The van der Waals surface area contributed by atoms with Crippen molar-refractivity contribution >= 4 is 11.8 Å². The van der Waals surface area contributed by atoms with Crippen LogP contribution in [0.5, 0.6) is 0 Å². The first-order valence-electron chi connectivity index (χ1n) is 6.34. The highest BCUT2D eigenvalue weighted by atomic mass is 16.5. The van der Waals surface area contributed by atoms with E-state index in [9.17, 15) is 9.59 Å². The molecule has 0 spiro atoms. The molecular formula is C12H25N3O3. The molecule has 18 heavy (non-hydrogen) atoms. The molecule has 0 aromatic rings. The predicted octanol–water partition coefficient (Wildman–Crippen LogP) is -0.146. The molecule has 6 heteroatoms. The van der Waals surface area contributed by atoms with Crippen molar-refractivity contribution in [3.05, 3.63) is 0 Å². The number of nitrogens with zero attached hydrogens (tertiary/aromatic N) is 1. The van der Waals surface area contributed by atoms with Gasteiger partial charge in [0, 0.05) is 20.3 Å². The van der Waals surface area contributed by atoms with Crippen LogP contribution in [-0.4, -0.2) is 49.6 Å². The zero-order chi connectivity index (χ0) is 14.0. The van der Waals surface area contributed by atoms with Gasteiger partial charge in [0.1, 0.15) is 0 Å². The number of methoxy groups -OCH3 is 1. The number of amides is 2. The van der Waals surface area contributed by atoms with E-state index in [1.54, 1.807) is 7.11 Å². The monoisotopic (exact) mass is 259 g/mol. The fourth-order valence-corrected chi connectivity index (χ4v) is 1.61. The van der Waals surface area contributed by atoms with E-state index in [1.807, 2.05) is 6.92 Å². The second-order valence-corrected chi connectivity index (χ2v) is 4.32. The SMILES string of the molecule is CCCCN(CC(N)=O)C(=O)C(N)CCCOC. The number of nitrogens with two attached hydrogens (primary N) is 2. The van der Waals surface area contributed by atoms with Crippen molar-refractivity contribution in [3.8, 4) is 0 Å². The Morgan fingerprint density at radius 2 is 2.00 bits per heavy atom. The molecule has 0 fully saturated rings. The van der Waals surface area contributed by atoms with E-state index in [4.69, 9.17) is 16.2 Å². The third-order valence-electron chi connectivity index (χ3n) is 2.62. The maximum absolute atomic E-state index is 12.0. The Balaban J connectivity index is 4.28. The zero-order valence-electron chi connectivity index (χ0n) is 11.4. The standard InChI is InChI=1S/C12H25N3O3/c1-3-4-7-15(9-11(14)16)12(17)10(13)6-5-8-18-2/h10H,3-9,13H2,1-2H3,(H2,14,16). The maximum atomic E-state index is 12.0. The van der Waals surface area contributed by atoms with Crippen LogP contribution in [0.4, 0.5) is 0 Å². The maximum Gasteiger partial charge on any atom is 0.239 e. The first kappa shape index (κ1) is 16.9. The topological polar surface area (TPSA) is 98.7 Å². The molecule has 0 bridgehead atoms. The molecule has 0 aromatic carbocycles. The van der Waals surface area contributed by atoms with Gasteiger partial charge in [-0.15, -0.1) is 0 Å². The molecule has 0 saturated heterocycles. The molecule has 0 radical (unpaired) electrons. The van der Waals surface area contributed by atoms with E-state index in [2.05, 4.69) is 0 Å². The molecule has 4 N–H and O–H groups in total. The lowest BCUT2D eigenvalue weighted by Crippen LogP contribution is -2.47. The van der Waals surface area contributed by atoms with Gasteiger partial charge in [0.05, 0.1) is 12.6 Å². The van der Waals surface area contributed by atoms with Gasteiger partial charge in [0.25, 0.3) is 0 Å². The summed E-state index contributed by atoms with van der Waals surface area (Å²) in [5.74, 6) is -0.720. The van der Waals surface area contributed by atoms with Crippen LogP contribution >= 0.6 is 0 Å². The summed E-state index contributed by atoms with van der Waals surface area (Å²) in [5, 5.41) is 0. The predicted molar refractivity (Wildman–Crippen MR) is 69.8 cm³/mol. The van der Waals surface area contributed by atoms with Crippen LogP contribution in [-0.2, 0) is 14.3 Å². The van der Waals surface area contributed by atoms with Gasteiger partial charge in [0.15, 0.2) is 0 Å². The number of carbonyl (C=O) groups is 2. The third-order valence-corrected chi connectivity index (χ3v) is 2.62. The van der Waals surface area contributed by atoms with Gasteiger partial charge in [-0.1, -0.05) is 13.3 Å². The fraction of sp³-hybridized carbons (Fsp3) is 0.833. The number of unbranched alkanes of at least 4 members (excludes halogenated alkanes) is 1. The summed E-state index contributed by atoms with van der Waals surface area (Å²) >= 11 is 0. The average molecular weight is 259 g/mol. The summed E-state index contributed by atoms with van der Waals surface area (Å²) in [6.45, 7) is 3.06. The van der Waals surface area contributed by atoms with Gasteiger partial charge in [-0.25, -0.2) is 0 Å². The van der Waals surface area contributed by atoms with Crippen molar-refractivity contribution in [2.24, 2.45) is 11.5 Å². The van der Waals surface area contributed by atoms with E-state index < -0.39 is 11.9 Å². The Hall–Kier alpha value is -1.14. The minimum atomic E-state index is -0.587. The van der Waals surface area contributed by atoms with Crippen molar-refractivity contribution in [1.82, 2.24) is 4.90 Å². The van der Waals surface area contributed by atoms with Crippen LogP contribution in [0.3, 0.4) is 0 Å². The molecular weight excluding hydrogens is 234 g/mol. The number of primary amides is 1. The molecule has 1 atom stereocenters. The normalized spacial score (nSPS) is 12.2. The molecule has 2 amide bonds. The van der Waals surface area contributed by atoms with Gasteiger partial charge in [-0.2, -0.15) is 0 Å². The number of rotatable bonds is 10. The lowest BCUT2D eigenvalue weighted by atomic mass is 10.1. The van der Waals surface area contributed by atoms with Crippen molar-refractivity contribution in [3.63, 3.8) is 0 Å². The molecule has 0 aromatic heterocycles. The Morgan fingerprint density at radius 1 is 1.33 bits per heavy atom. The second-order valence-electron chi connectivity index (χ2n) is 4.32. The Labute approximate surface area is 109 Å². The Bertz CT molecular complexity index is 259. The van der Waals surface area contributed by atoms with E-state index in [1.165, 1.54) is 4.90 Å². The van der Waals surface area contributed by atoms with Crippen LogP contribution < -0.4 is 11.5 Å². The number of carbonyl (C=O) groups excluding carboxylic acids is 2. The smallest absolute Gasteiger partial charge is 0.239 e. The van der Waals surface area contributed by atoms with Crippen LogP contribution in [0.2, 0.25) is 0 Å². The average Bonchev–Trinajstić information content (AvgIpc) is 2.33. The summed E-state index contributed by atoms with van der Waals surface area (Å²) in [6.07, 6.45) is 3.06. The van der Waals surface area contributed by atoms with E-state index >= 15 is 0 Å². The zero-order valence-corrected chi connectivity index (χ0v) is 11.4. The summed E-state index contributed by atoms with van der Waals surface area (Å²) in [6, 6.07) is -0.587. The molecule has 0 aliphatic heterocycles. The molecule has 106 valence electrons. The van der Waals surface area contributed by atoms with Crippen LogP contribution in [0.15, 0.2) is 0 Å². The fourth-order valence-electron chi connectivity index (χ4n) is 1.61. The van der Waals surface area contributed by atoms with Crippen molar-refractivity contribution in [1.29, 1.82) is 0 Å². The largest absolute Gasteiger partial charge is 0.385 e. The van der Waals surface area contributed by atoms with Gasteiger partial charge < -0.3 is 21.1 Å². The number of hydrogen-bond acceptors (Lipinski definition) is 4. The summed E-state index contributed by atoms with van der Waals surface area (Å²) in [7, 11) is 1.61. The Kier molecular flexibility index (Phi) is 9.22. The van der Waals surface area contributed by atoms with E-state index in [0.717, 1.165) is 19.3 Å². The first-order valence-corrected chi connectivity index (χ1v) is 6.34. The number of hydrogen-bond donors (Lipinski definition) is 2. The van der Waals surface area contributed by atoms with E-state index in [-0.39, 0.29) is 12.5 Å².